The Morgan fingerprint density at radius 3 is 2.59 bits per heavy atom. The molecule has 0 spiro atoms. The Balaban J connectivity index is 1.59. The van der Waals surface area contributed by atoms with E-state index in [4.69, 9.17) is 0 Å². The number of carbonyl (C=O) groups is 1. The van der Waals surface area contributed by atoms with E-state index in [1.54, 1.807) is 26.2 Å². The van der Waals surface area contributed by atoms with E-state index < -0.39 is 10.0 Å². The third-order valence-electron chi connectivity index (χ3n) is 4.73. The van der Waals surface area contributed by atoms with Crippen LogP contribution >= 0.6 is 0 Å². The molecule has 0 bridgehead atoms. The SMILES string of the molecule is CN(C)C(=O)c1cccc(S(=O)(=O)NCCN2CCc3ccccc3C2)c1. The van der Waals surface area contributed by atoms with E-state index in [0.29, 0.717) is 18.7 Å². The summed E-state index contributed by atoms with van der Waals surface area (Å²) >= 11 is 0. The van der Waals surface area contributed by atoms with Crippen LogP contribution in [0.15, 0.2) is 53.4 Å². The van der Waals surface area contributed by atoms with Gasteiger partial charge in [-0.1, -0.05) is 30.3 Å². The van der Waals surface area contributed by atoms with Gasteiger partial charge in [0.2, 0.25) is 10.0 Å². The largest absolute Gasteiger partial charge is 0.345 e. The fourth-order valence-electron chi connectivity index (χ4n) is 3.22. The number of nitrogens with zero attached hydrogens (tertiary/aromatic N) is 2. The van der Waals surface area contributed by atoms with Gasteiger partial charge in [0.1, 0.15) is 0 Å². The molecule has 3 rings (SSSR count). The van der Waals surface area contributed by atoms with Crippen molar-refractivity contribution in [1.82, 2.24) is 14.5 Å². The van der Waals surface area contributed by atoms with Crippen LogP contribution in [0.1, 0.15) is 21.5 Å². The molecule has 1 heterocycles. The fraction of sp³-hybridized carbons (Fsp3) is 0.350. The number of carbonyl (C=O) groups excluding carboxylic acids is 1. The quantitative estimate of drug-likeness (QED) is 0.820. The van der Waals surface area contributed by atoms with E-state index >= 15 is 0 Å². The molecule has 0 atom stereocenters. The van der Waals surface area contributed by atoms with E-state index in [1.165, 1.54) is 28.2 Å². The van der Waals surface area contributed by atoms with Crippen molar-refractivity contribution in [2.24, 2.45) is 0 Å². The maximum Gasteiger partial charge on any atom is 0.253 e. The van der Waals surface area contributed by atoms with Gasteiger partial charge in [0, 0.05) is 45.8 Å². The molecule has 144 valence electrons. The highest BCUT2D eigenvalue weighted by Crippen LogP contribution is 2.18. The van der Waals surface area contributed by atoms with Gasteiger partial charge in [-0.15, -0.1) is 0 Å². The average Bonchev–Trinajstić information content (AvgIpc) is 2.67. The minimum Gasteiger partial charge on any atom is -0.345 e. The first-order valence-electron chi connectivity index (χ1n) is 8.97. The van der Waals surface area contributed by atoms with Crippen molar-refractivity contribution < 1.29 is 13.2 Å². The van der Waals surface area contributed by atoms with Gasteiger partial charge in [0.05, 0.1) is 4.90 Å². The second-order valence-corrected chi connectivity index (χ2v) is 8.69. The van der Waals surface area contributed by atoms with Gasteiger partial charge in [-0.25, -0.2) is 13.1 Å². The lowest BCUT2D eigenvalue weighted by Crippen LogP contribution is -2.37. The van der Waals surface area contributed by atoms with Crippen molar-refractivity contribution in [2.75, 3.05) is 33.7 Å². The number of fused-ring (bicyclic) bond motifs is 1. The summed E-state index contributed by atoms with van der Waals surface area (Å²) in [6, 6.07) is 14.5. The molecule has 1 amide bonds. The van der Waals surface area contributed by atoms with Crippen LogP contribution in [-0.2, 0) is 23.0 Å². The lowest BCUT2D eigenvalue weighted by molar-refractivity contribution is 0.0827. The third kappa shape index (κ3) is 4.74. The van der Waals surface area contributed by atoms with Gasteiger partial charge in [0.25, 0.3) is 5.91 Å². The minimum atomic E-state index is -3.65. The topological polar surface area (TPSA) is 69.7 Å². The van der Waals surface area contributed by atoms with Crippen molar-refractivity contribution >= 4 is 15.9 Å². The molecule has 0 aliphatic carbocycles. The van der Waals surface area contributed by atoms with E-state index in [9.17, 15) is 13.2 Å². The van der Waals surface area contributed by atoms with Crippen molar-refractivity contribution in [3.05, 3.63) is 65.2 Å². The van der Waals surface area contributed by atoms with Crippen LogP contribution in [0.3, 0.4) is 0 Å². The first kappa shape index (κ1) is 19.5. The second-order valence-electron chi connectivity index (χ2n) is 6.92. The Morgan fingerprint density at radius 2 is 1.85 bits per heavy atom. The van der Waals surface area contributed by atoms with Crippen LogP contribution in [0.25, 0.3) is 0 Å². The molecule has 2 aromatic rings. The molecular formula is C20H25N3O3S. The molecule has 27 heavy (non-hydrogen) atoms. The standard InChI is InChI=1S/C20H25N3O3S/c1-22(2)20(24)17-8-5-9-19(14-17)27(25,26)21-11-13-23-12-10-16-6-3-4-7-18(16)15-23/h3-9,14,21H,10-13,15H2,1-2H3. The molecule has 1 aliphatic heterocycles. The molecule has 0 saturated carbocycles. The van der Waals surface area contributed by atoms with Gasteiger partial charge >= 0.3 is 0 Å². The Hall–Kier alpha value is -2.22. The molecule has 0 saturated heterocycles. The Bertz CT molecular complexity index is 926. The molecular weight excluding hydrogens is 362 g/mol. The molecule has 1 aliphatic rings. The number of hydrogen-bond acceptors (Lipinski definition) is 4. The summed E-state index contributed by atoms with van der Waals surface area (Å²) in [5, 5.41) is 0. The predicted octanol–water partition coefficient (Wildman–Crippen LogP) is 1.72. The van der Waals surface area contributed by atoms with E-state index in [-0.39, 0.29) is 10.8 Å². The predicted molar refractivity (Wildman–Crippen MR) is 105 cm³/mol. The zero-order chi connectivity index (χ0) is 19.4. The lowest BCUT2D eigenvalue weighted by atomic mass is 10.0. The molecule has 2 aromatic carbocycles. The molecule has 0 aromatic heterocycles. The molecule has 0 radical (unpaired) electrons. The van der Waals surface area contributed by atoms with Crippen LogP contribution in [0.4, 0.5) is 0 Å². The molecule has 1 N–H and O–H groups in total. The number of rotatable bonds is 6. The number of hydrogen-bond donors (Lipinski definition) is 1. The molecule has 0 unspecified atom stereocenters. The van der Waals surface area contributed by atoms with Gasteiger partial charge in [-0.2, -0.15) is 0 Å². The third-order valence-corrected chi connectivity index (χ3v) is 6.19. The summed E-state index contributed by atoms with van der Waals surface area (Å²) in [4.78, 5) is 15.8. The molecule has 7 heteroatoms. The van der Waals surface area contributed by atoms with E-state index in [1.807, 2.05) is 6.07 Å². The number of sulfonamides is 1. The van der Waals surface area contributed by atoms with E-state index in [2.05, 4.69) is 27.8 Å². The molecule has 6 nitrogen and oxygen atoms in total. The Kier molecular flexibility index (Phi) is 5.94. The highest BCUT2D eigenvalue weighted by molar-refractivity contribution is 7.89. The first-order valence-corrected chi connectivity index (χ1v) is 10.5. The zero-order valence-electron chi connectivity index (χ0n) is 15.7. The normalized spacial score (nSPS) is 14.6. The van der Waals surface area contributed by atoms with Crippen LogP contribution in [0.5, 0.6) is 0 Å². The van der Waals surface area contributed by atoms with Gasteiger partial charge < -0.3 is 4.90 Å². The minimum absolute atomic E-state index is 0.110. The summed E-state index contributed by atoms with van der Waals surface area (Å²) in [7, 11) is -0.376. The summed E-state index contributed by atoms with van der Waals surface area (Å²) in [5.74, 6) is -0.223. The second kappa shape index (κ2) is 8.21. The van der Waals surface area contributed by atoms with Crippen molar-refractivity contribution in [1.29, 1.82) is 0 Å². The van der Waals surface area contributed by atoms with Crippen LogP contribution in [0.2, 0.25) is 0 Å². The summed E-state index contributed by atoms with van der Waals surface area (Å²) in [6.07, 6.45) is 0.984. The van der Waals surface area contributed by atoms with E-state index in [0.717, 1.165) is 19.5 Å². The van der Waals surface area contributed by atoms with Crippen LogP contribution < -0.4 is 4.72 Å². The molecule has 0 fully saturated rings. The number of nitrogens with one attached hydrogen (secondary N) is 1. The van der Waals surface area contributed by atoms with Crippen molar-refractivity contribution in [2.45, 2.75) is 17.9 Å². The maximum atomic E-state index is 12.6. The summed E-state index contributed by atoms with van der Waals surface area (Å²) in [6.45, 7) is 2.73. The van der Waals surface area contributed by atoms with Crippen molar-refractivity contribution in [3.8, 4) is 0 Å². The number of benzene rings is 2. The summed E-state index contributed by atoms with van der Waals surface area (Å²) in [5.41, 5.74) is 3.04. The first-order chi connectivity index (χ1) is 12.9. The smallest absolute Gasteiger partial charge is 0.253 e. The zero-order valence-corrected chi connectivity index (χ0v) is 16.5. The Labute approximate surface area is 160 Å². The van der Waals surface area contributed by atoms with Crippen LogP contribution in [0, 0.1) is 0 Å². The maximum absolute atomic E-state index is 12.6. The number of amides is 1. The Morgan fingerprint density at radius 1 is 1.11 bits per heavy atom. The van der Waals surface area contributed by atoms with Crippen molar-refractivity contribution in [3.63, 3.8) is 0 Å². The monoisotopic (exact) mass is 387 g/mol. The average molecular weight is 388 g/mol. The summed E-state index contributed by atoms with van der Waals surface area (Å²) < 4.78 is 27.8. The van der Waals surface area contributed by atoms with Gasteiger partial charge in [-0.3, -0.25) is 9.69 Å². The van der Waals surface area contributed by atoms with Crippen LogP contribution in [-0.4, -0.2) is 57.9 Å². The lowest BCUT2D eigenvalue weighted by Gasteiger charge is -2.28. The highest BCUT2D eigenvalue weighted by atomic mass is 32.2. The van der Waals surface area contributed by atoms with Gasteiger partial charge in [-0.05, 0) is 35.7 Å². The van der Waals surface area contributed by atoms with Gasteiger partial charge in [0.15, 0.2) is 0 Å². The highest BCUT2D eigenvalue weighted by Gasteiger charge is 2.19. The fourth-order valence-corrected chi connectivity index (χ4v) is 4.29.